The highest BCUT2D eigenvalue weighted by Gasteiger charge is 2.09. The first-order chi connectivity index (χ1) is 9.47. The number of hydrogen-bond acceptors (Lipinski definition) is 4. The Morgan fingerprint density at radius 2 is 1.95 bits per heavy atom. The van der Waals surface area contributed by atoms with Crippen LogP contribution in [-0.4, -0.2) is 29.7 Å². The van der Waals surface area contributed by atoms with Crippen molar-refractivity contribution in [3.05, 3.63) is 57.5 Å². The van der Waals surface area contributed by atoms with E-state index in [1.54, 1.807) is 35.4 Å². The van der Waals surface area contributed by atoms with E-state index in [9.17, 15) is 9.59 Å². The molecule has 2 rings (SSSR count). The van der Waals surface area contributed by atoms with Crippen LogP contribution in [0.5, 0.6) is 0 Å². The highest BCUT2D eigenvalue weighted by atomic mass is 35.5. The third-order valence-corrected chi connectivity index (χ3v) is 3.08. The fourth-order valence-electron chi connectivity index (χ4n) is 1.65. The van der Waals surface area contributed by atoms with E-state index in [-0.39, 0.29) is 17.9 Å². The van der Waals surface area contributed by atoms with Crippen LogP contribution in [-0.2, 0) is 6.54 Å². The molecule has 0 saturated carbocycles. The average Bonchev–Trinajstić information content (AvgIpc) is 2.41. The molecule has 0 amide bonds. The van der Waals surface area contributed by atoms with E-state index in [4.69, 9.17) is 11.6 Å². The molecule has 1 heterocycles. The molecule has 0 bridgehead atoms. The normalized spacial score (nSPS) is 10.3. The largest absolute Gasteiger partial charge is 0.376 e. The van der Waals surface area contributed by atoms with E-state index in [2.05, 4.69) is 5.10 Å². The third kappa shape index (κ3) is 3.24. The number of anilines is 1. The Bertz CT molecular complexity index is 678. The zero-order valence-corrected chi connectivity index (χ0v) is 12.0. The monoisotopic (exact) mass is 291 g/mol. The van der Waals surface area contributed by atoms with Gasteiger partial charge in [0.2, 0.25) is 0 Å². The number of ketones is 1. The molecule has 2 aromatic rings. The number of rotatable bonds is 4. The van der Waals surface area contributed by atoms with Gasteiger partial charge in [-0.2, -0.15) is 5.10 Å². The van der Waals surface area contributed by atoms with Gasteiger partial charge in [-0.15, -0.1) is 0 Å². The van der Waals surface area contributed by atoms with E-state index >= 15 is 0 Å². The minimum atomic E-state index is -0.307. The summed E-state index contributed by atoms with van der Waals surface area (Å²) in [6.45, 7) is -0.0891. The van der Waals surface area contributed by atoms with Crippen LogP contribution in [0, 0.1) is 0 Å². The van der Waals surface area contributed by atoms with Crippen molar-refractivity contribution in [2.24, 2.45) is 0 Å². The Balaban J connectivity index is 2.20. The Morgan fingerprint density at radius 1 is 1.30 bits per heavy atom. The summed E-state index contributed by atoms with van der Waals surface area (Å²) in [5.74, 6) is -0.186. The lowest BCUT2D eigenvalue weighted by Crippen LogP contribution is -2.27. The molecule has 0 aliphatic heterocycles. The van der Waals surface area contributed by atoms with Crippen molar-refractivity contribution >= 4 is 23.1 Å². The molecule has 0 unspecified atom stereocenters. The van der Waals surface area contributed by atoms with Gasteiger partial charge in [-0.25, -0.2) is 4.68 Å². The van der Waals surface area contributed by atoms with Gasteiger partial charge in [-0.1, -0.05) is 11.6 Å². The lowest BCUT2D eigenvalue weighted by Gasteiger charge is -2.12. The summed E-state index contributed by atoms with van der Waals surface area (Å²) >= 11 is 5.77. The van der Waals surface area contributed by atoms with Crippen LogP contribution in [0.4, 0.5) is 5.69 Å². The Morgan fingerprint density at radius 3 is 2.50 bits per heavy atom. The number of carbonyl (C=O) groups excluding carboxylic acids is 1. The SMILES string of the molecule is CN(C)c1cnn(CC(=O)c2ccc(Cl)cc2)c(=O)c1. The van der Waals surface area contributed by atoms with E-state index in [1.807, 2.05) is 14.1 Å². The number of carbonyl (C=O) groups is 1. The highest BCUT2D eigenvalue weighted by Crippen LogP contribution is 2.10. The van der Waals surface area contributed by atoms with Gasteiger partial charge in [0.1, 0.15) is 6.54 Å². The molecule has 1 aromatic heterocycles. The average molecular weight is 292 g/mol. The number of nitrogens with zero attached hydrogens (tertiary/aromatic N) is 3. The summed E-state index contributed by atoms with van der Waals surface area (Å²) in [4.78, 5) is 25.7. The quantitative estimate of drug-likeness (QED) is 0.807. The van der Waals surface area contributed by atoms with Gasteiger partial charge in [0, 0.05) is 30.7 Å². The molecule has 20 heavy (non-hydrogen) atoms. The van der Waals surface area contributed by atoms with Crippen LogP contribution in [0.2, 0.25) is 5.02 Å². The summed E-state index contributed by atoms with van der Waals surface area (Å²) in [5.41, 5.74) is 0.892. The molecule has 1 aromatic carbocycles. The van der Waals surface area contributed by atoms with Gasteiger partial charge in [-0.05, 0) is 24.3 Å². The molecule has 6 heteroatoms. The fourth-order valence-corrected chi connectivity index (χ4v) is 1.78. The summed E-state index contributed by atoms with van der Waals surface area (Å²) in [6, 6.07) is 7.98. The van der Waals surface area contributed by atoms with Gasteiger partial charge in [0.25, 0.3) is 5.56 Å². The maximum atomic E-state index is 12.0. The maximum absolute atomic E-state index is 12.0. The number of hydrogen-bond donors (Lipinski definition) is 0. The highest BCUT2D eigenvalue weighted by molar-refractivity contribution is 6.30. The standard InChI is InChI=1S/C14H14ClN3O2/c1-17(2)12-7-14(20)18(16-8-12)9-13(19)10-3-5-11(15)6-4-10/h3-8H,9H2,1-2H3. The molecule has 0 saturated heterocycles. The van der Waals surface area contributed by atoms with Crippen molar-refractivity contribution in [3.63, 3.8) is 0 Å². The van der Waals surface area contributed by atoms with Crippen LogP contribution in [0.15, 0.2) is 41.3 Å². The van der Waals surface area contributed by atoms with Gasteiger partial charge >= 0.3 is 0 Å². The molecule has 0 aliphatic carbocycles. The molecule has 0 radical (unpaired) electrons. The number of benzene rings is 1. The van der Waals surface area contributed by atoms with E-state index in [0.717, 1.165) is 4.68 Å². The Labute approximate surface area is 121 Å². The van der Waals surface area contributed by atoms with Crippen molar-refractivity contribution in [2.45, 2.75) is 6.54 Å². The molecule has 0 spiro atoms. The first-order valence-corrected chi connectivity index (χ1v) is 6.38. The van der Waals surface area contributed by atoms with Crippen molar-refractivity contribution in [1.29, 1.82) is 0 Å². The Hall–Kier alpha value is -2.14. The first-order valence-electron chi connectivity index (χ1n) is 6.00. The van der Waals surface area contributed by atoms with E-state index in [1.165, 1.54) is 6.07 Å². The second-order valence-electron chi connectivity index (χ2n) is 4.53. The number of Topliss-reactive ketones (excluding diaryl/α,β-unsaturated/α-hetero) is 1. The fraction of sp³-hybridized carbons (Fsp3) is 0.214. The number of aromatic nitrogens is 2. The Kier molecular flexibility index (Phi) is 4.20. The topological polar surface area (TPSA) is 55.2 Å². The molecule has 0 fully saturated rings. The minimum absolute atomic E-state index is 0.0891. The van der Waals surface area contributed by atoms with Crippen LogP contribution >= 0.6 is 11.6 Å². The number of halogens is 1. The van der Waals surface area contributed by atoms with Crippen LogP contribution in [0.1, 0.15) is 10.4 Å². The smallest absolute Gasteiger partial charge is 0.269 e. The van der Waals surface area contributed by atoms with Crippen LogP contribution in [0.25, 0.3) is 0 Å². The molecule has 104 valence electrons. The van der Waals surface area contributed by atoms with Gasteiger partial charge < -0.3 is 4.90 Å². The lowest BCUT2D eigenvalue weighted by atomic mass is 10.1. The molecular weight excluding hydrogens is 278 g/mol. The van der Waals surface area contributed by atoms with Crippen molar-refractivity contribution in [2.75, 3.05) is 19.0 Å². The lowest BCUT2D eigenvalue weighted by molar-refractivity contribution is 0.0965. The van der Waals surface area contributed by atoms with Crippen LogP contribution < -0.4 is 10.5 Å². The second-order valence-corrected chi connectivity index (χ2v) is 4.97. The zero-order valence-electron chi connectivity index (χ0n) is 11.2. The maximum Gasteiger partial charge on any atom is 0.269 e. The minimum Gasteiger partial charge on any atom is -0.376 e. The van der Waals surface area contributed by atoms with Crippen molar-refractivity contribution < 1.29 is 4.79 Å². The summed E-state index contributed by atoms with van der Waals surface area (Å²) in [6.07, 6.45) is 1.55. The van der Waals surface area contributed by atoms with Crippen LogP contribution in [0.3, 0.4) is 0 Å². The molecule has 0 atom stereocenters. The predicted octanol–water partition coefficient (Wildman–Crippen LogP) is 1.85. The van der Waals surface area contributed by atoms with Crippen molar-refractivity contribution in [1.82, 2.24) is 9.78 Å². The van der Waals surface area contributed by atoms with E-state index in [0.29, 0.717) is 16.3 Å². The van der Waals surface area contributed by atoms with Gasteiger partial charge in [-0.3, -0.25) is 9.59 Å². The van der Waals surface area contributed by atoms with E-state index < -0.39 is 0 Å². The van der Waals surface area contributed by atoms with Crippen molar-refractivity contribution in [3.8, 4) is 0 Å². The summed E-state index contributed by atoms with van der Waals surface area (Å²) < 4.78 is 1.14. The molecule has 0 aliphatic rings. The molecular formula is C14H14ClN3O2. The van der Waals surface area contributed by atoms with Gasteiger partial charge in [0.05, 0.1) is 11.9 Å². The second kappa shape index (κ2) is 5.88. The summed E-state index contributed by atoms with van der Waals surface area (Å²) in [5, 5.41) is 4.56. The molecule has 0 N–H and O–H groups in total. The third-order valence-electron chi connectivity index (χ3n) is 2.83. The summed E-state index contributed by atoms with van der Waals surface area (Å²) in [7, 11) is 3.64. The molecule has 5 nitrogen and oxygen atoms in total. The van der Waals surface area contributed by atoms with Gasteiger partial charge in [0.15, 0.2) is 5.78 Å². The first kappa shape index (κ1) is 14.3. The zero-order chi connectivity index (χ0) is 14.7. The predicted molar refractivity (Wildman–Crippen MR) is 78.6 cm³/mol.